The molecule has 72 valence electrons. The van der Waals surface area contributed by atoms with E-state index >= 15 is 0 Å². The van der Waals surface area contributed by atoms with Crippen molar-refractivity contribution >= 4 is 11.3 Å². The van der Waals surface area contributed by atoms with Crippen LogP contribution in [0.2, 0.25) is 0 Å². The van der Waals surface area contributed by atoms with E-state index in [0.717, 1.165) is 24.5 Å². The third-order valence-corrected chi connectivity index (χ3v) is 3.46. The number of thiazole rings is 1. The summed E-state index contributed by atoms with van der Waals surface area (Å²) in [5, 5.41) is 12.8. The average molecular weight is 198 g/mol. The van der Waals surface area contributed by atoms with Gasteiger partial charge < -0.3 is 10.0 Å². The van der Waals surface area contributed by atoms with Crippen LogP contribution in [0.4, 0.5) is 0 Å². The summed E-state index contributed by atoms with van der Waals surface area (Å²) in [6, 6.07) is 0. The number of aromatic nitrogens is 1. The second-order valence-electron chi connectivity index (χ2n) is 3.60. The van der Waals surface area contributed by atoms with Gasteiger partial charge in [-0.2, -0.15) is 0 Å². The molecule has 0 aliphatic carbocycles. The molecule has 1 aromatic heterocycles. The van der Waals surface area contributed by atoms with E-state index in [-0.39, 0.29) is 12.0 Å². The molecule has 0 saturated carbocycles. The smallest absolute Gasteiger partial charge is 0.0994 e. The molecule has 1 N–H and O–H groups in total. The lowest BCUT2D eigenvalue weighted by atomic mass is 9.96. The van der Waals surface area contributed by atoms with Gasteiger partial charge in [-0.1, -0.05) is 0 Å². The van der Waals surface area contributed by atoms with Crippen molar-refractivity contribution in [1.82, 2.24) is 9.88 Å². The van der Waals surface area contributed by atoms with Crippen LogP contribution in [0, 0.1) is 0 Å². The maximum atomic E-state index is 9.80. The van der Waals surface area contributed by atoms with E-state index in [0.29, 0.717) is 0 Å². The van der Waals surface area contributed by atoms with Crippen molar-refractivity contribution in [2.24, 2.45) is 0 Å². The Hall–Kier alpha value is -0.450. The molecule has 1 fully saturated rings. The molecule has 0 radical (unpaired) electrons. The summed E-state index contributed by atoms with van der Waals surface area (Å²) in [6.07, 6.45) is 2.46. The Morgan fingerprint density at radius 3 is 3.23 bits per heavy atom. The predicted molar refractivity (Wildman–Crippen MR) is 53.0 cm³/mol. The molecule has 1 aliphatic rings. The zero-order chi connectivity index (χ0) is 9.26. The first-order valence-electron chi connectivity index (χ1n) is 4.53. The molecular weight excluding hydrogens is 184 g/mol. The van der Waals surface area contributed by atoms with Crippen molar-refractivity contribution in [3.05, 3.63) is 16.6 Å². The van der Waals surface area contributed by atoms with Gasteiger partial charge in [0.25, 0.3) is 0 Å². The minimum Gasteiger partial charge on any atom is -0.392 e. The first kappa shape index (κ1) is 9.12. The Labute approximate surface area is 82.0 Å². The number of likely N-dealkylation sites (N-methyl/N-ethyl adjacent to an activating group) is 1. The van der Waals surface area contributed by atoms with Gasteiger partial charge in [0.05, 0.1) is 11.1 Å². The Morgan fingerprint density at radius 2 is 2.54 bits per heavy atom. The van der Waals surface area contributed by atoms with Crippen molar-refractivity contribution in [2.75, 3.05) is 20.1 Å². The highest BCUT2D eigenvalue weighted by Gasteiger charge is 2.28. The molecule has 2 heterocycles. The lowest BCUT2D eigenvalue weighted by Gasteiger charge is -2.32. The van der Waals surface area contributed by atoms with E-state index in [2.05, 4.69) is 16.9 Å². The fourth-order valence-electron chi connectivity index (χ4n) is 1.76. The zero-order valence-electron chi connectivity index (χ0n) is 7.68. The molecule has 3 nitrogen and oxygen atoms in total. The Kier molecular flexibility index (Phi) is 2.62. The van der Waals surface area contributed by atoms with Crippen molar-refractivity contribution in [3.63, 3.8) is 0 Å². The van der Waals surface area contributed by atoms with Gasteiger partial charge in [-0.25, -0.2) is 4.98 Å². The molecule has 0 aromatic carbocycles. The van der Waals surface area contributed by atoms with E-state index in [1.807, 2.05) is 5.38 Å². The normalized spacial score (nSPS) is 30.6. The highest BCUT2D eigenvalue weighted by Crippen LogP contribution is 2.27. The van der Waals surface area contributed by atoms with Crippen LogP contribution in [0.15, 0.2) is 11.6 Å². The van der Waals surface area contributed by atoms with E-state index in [1.54, 1.807) is 17.5 Å². The lowest BCUT2D eigenvalue weighted by molar-refractivity contribution is 0.0708. The molecule has 0 bridgehead atoms. The maximum Gasteiger partial charge on any atom is 0.0994 e. The predicted octanol–water partition coefficient (Wildman–Crippen LogP) is 0.923. The minimum atomic E-state index is -0.206. The summed E-state index contributed by atoms with van der Waals surface area (Å²) in [6.45, 7) is 1.91. The van der Waals surface area contributed by atoms with Crippen LogP contribution in [-0.4, -0.2) is 41.2 Å². The molecule has 4 heteroatoms. The Balaban J connectivity index is 2.12. The van der Waals surface area contributed by atoms with Gasteiger partial charge in [0.2, 0.25) is 0 Å². The van der Waals surface area contributed by atoms with Crippen LogP contribution < -0.4 is 0 Å². The Morgan fingerprint density at radius 1 is 1.69 bits per heavy atom. The third kappa shape index (κ3) is 1.90. The monoisotopic (exact) mass is 198 g/mol. The van der Waals surface area contributed by atoms with Gasteiger partial charge in [-0.3, -0.25) is 0 Å². The summed E-state index contributed by atoms with van der Waals surface area (Å²) < 4.78 is 0. The average Bonchev–Trinajstić information content (AvgIpc) is 2.61. The molecule has 0 spiro atoms. The fraction of sp³-hybridized carbons (Fsp3) is 0.667. The molecule has 13 heavy (non-hydrogen) atoms. The Bertz CT molecular complexity index is 263. The second-order valence-corrected chi connectivity index (χ2v) is 4.52. The van der Waals surface area contributed by atoms with Crippen LogP contribution in [0.3, 0.4) is 0 Å². The van der Waals surface area contributed by atoms with Gasteiger partial charge in [0.15, 0.2) is 0 Å². The number of hydrogen-bond donors (Lipinski definition) is 1. The molecule has 2 atom stereocenters. The summed E-state index contributed by atoms with van der Waals surface area (Å²) >= 11 is 1.64. The van der Waals surface area contributed by atoms with Crippen molar-refractivity contribution in [3.8, 4) is 0 Å². The van der Waals surface area contributed by atoms with Crippen molar-refractivity contribution in [1.29, 1.82) is 0 Å². The number of piperidine rings is 1. The van der Waals surface area contributed by atoms with Gasteiger partial charge in [-0.15, -0.1) is 11.3 Å². The maximum absolute atomic E-state index is 9.80. The van der Waals surface area contributed by atoms with Crippen LogP contribution in [0.5, 0.6) is 0 Å². The van der Waals surface area contributed by atoms with Crippen LogP contribution in [0.25, 0.3) is 0 Å². The van der Waals surface area contributed by atoms with E-state index in [9.17, 15) is 5.11 Å². The fourth-order valence-corrected chi connectivity index (χ4v) is 2.55. The number of aliphatic hydroxyl groups excluding tert-OH is 1. The molecule has 1 saturated heterocycles. The molecular formula is C9H14N2OS. The highest BCUT2D eigenvalue weighted by molar-refractivity contribution is 7.09. The van der Waals surface area contributed by atoms with Crippen LogP contribution in [-0.2, 0) is 0 Å². The largest absolute Gasteiger partial charge is 0.392 e. The number of aliphatic hydroxyl groups is 1. The van der Waals surface area contributed by atoms with E-state index in [1.165, 1.54) is 0 Å². The molecule has 1 aromatic rings. The number of hydrogen-bond acceptors (Lipinski definition) is 4. The van der Waals surface area contributed by atoms with Gasteiger partial charge in [0.1, 0.15) is 0 Å². The molecule has 2 rings (SSSR count). The minimum absolute atomic E-state index is 0.206. The quantitative estimate of drug-likeness (QED) is 0.729. The first-order chi connectivity index (χ1) is 6.27. The van der Waals surface area contributed by atoms with Gasteiger partial charge >= 0.3 is 0 Å². The first-order valence-corrected chi connectivity index (χ1v) is 5.41. The summed E-state index contributed by atoms with van der Waals surface area (Å²) in [4.78, 5) is 6.51. The molecule has 2 unspecified atom stereocenters. The van der Waals surface area contributed by atoms with Crippen LogP contribution in [0.1, 0.15) is 17.3 Å². The van der Waals surface area contributed by atoms with E-state index in [4.69, 9.17) is 0 Å². The van der Waals surface area contributed by atoms with Gasteiger partial charge in [0, 0.05) is 30.6 Å². The zero-order valence-corrected chi connectivity index (χ0v) is 8.50. The topological polar surface area (TPSA) is 36.4 Å². The van der Waals surface area contributed by atoms with E-state index < -0.39 is 0 Å². The van der Waals surface area contributed by atoms with Crippen LogP contribution >= 0.6 is 11.3 Å². The summed E-state index contributed by atoms with van der Waals surface area (Å²) in [5.74, 6) is 0.221. The SMILES string of the molecule is CN1CCC(O)C(c2nccs2)C1. The molecule has 0 amide bonds. The molecule has 1 aliphatic heterocycles. The number of rotatable bonds is 1. The van der Waals surface area contributed by atoms with Gasteiger partial charge in [-0.05, 0) is 13.5 Å². The van der Waals surface area contributed by atoms with Crippen molar-refractivity contribution < 1.29 is 5.11 Å². The lowest BCUT2D eigenvalue weighted by Crippen LogP contribution is -2.39. The highest BCUT2D eigenvalue weighted by atomic mass is 32.1. The second kappa shape index (κ2) is 3.74. The number of likely N-dealkylation sites (tertiary alicyclic amines) is 1. The summed E-state index contributed by atoms with van der Waals surface area (Å²) in [7, 11) is 2.09. The summed E-state index contributed by atoms with van der Waals surface area (Å²) in [5.41, 5.74) is 0. The van der Waals surface area contributed by atoms with Crippen molar-refractivity contribution in [2.45, 2.75) is 18.4 Å². The number of nitrogens with zero attached hydrogens (tertiary/aromatic N) is 2. The standard InChI is InChI=1S/C9H14N2OS/c1-11-4-2-8(12)7(6-11)9-10-3-5-13-9/h3,5,7-8,12H,2,4,6H2,1H3. The third-order valence-electron chi connectivity index (χ3n) is 2.55.